The molecule has 0 spiro atoms. The van der Waals surface area contributed by atoms with E-state index in [-0.39, 0.29) is 18.8 Å². The van der Waals surface area contributed by atoms with Crippen molar-refractivity contribution in [1.29, 1.82) is 0 Å². The van der Waals surface area contributed by atoms with E-state index in [4.69, 9.17) is 4.74 Å². The van der Waals surface area contributed by atoms with Crippen molar-refractivity contribution in [3.05, 3.63) is 0 Å². The first-order chi connectivity index (χ1) is 9.60. The Balaban J connectivity index is 1.91. The van der Waals surface area contributed by atoms with Gasteiger partial charge in [0.15, 0.2) is 0 Å². The molecule has 0 aromatic heterocycles. The Morgan fingerprint density at radius 1 is 1.25 bits per heavy atom. The molecule has 0 radical (unpaired) electrons. The molecule has 2 fully saturated rings. The zero-order valence-corrected chi connectivity index (χ0v) is 13.4. The summed E-state index contributed by atoms with van der Waals surface area (Å²) in [7, 11) is 0. The molecular weight excluding hydrogens is 252 g/mol. The van der Waals surface area contributed by atoms with E-state index in [1.807, 2.05) is 0 Å². The van der Waals surface area contributed by atoms with E-state index in [9.17, 15) is 5.11 Å². The van der Waals surface area contributed by atoms with Crippen LogP contribution in [-0.4, -0.2) is 61.0 Å². The number of nitrogens with one attached hydrogen (secondary N) is 1. The van der Waals surface area contributed by atoms with Gasteiger partial charge in [-0.1, -0.05) is 13.8 Å². The smallest absolute Gasteiger partial charge is 0.0936 e. The average molecular weight is 284 g/mol. The fourth-order valence-corrected chi connectivity index (χ4v) is 3.27. The van der Waals surface area contributed by atoms with E-state index in [1.54, 1.807) is 0 Å². The summed E-state index contributed by atoms with van der Waals surface area (Å²) >= 11 is 0. The van der Waals surface area contributed by atoms with Crippen LogP contribution in [0.1, 0.15) is 46.5 Å². The van der Waals surface area contributed by atoms with Crippen molar-refractivity contribution in [2.45, 2.75) is 64.7 Å². The summed E-state index contributed by atoms with van der Waals surface area (Å²) in [6.07, 6.45) is 5.33. The van der Waals surface area contributed by atoms with Gasteiger partial charge in [0.05, 0.1) is 18.8 Å². The fraction of sp³-hybridized carbons (Fsp3) is 1.00. The second-order valence-corrected chi connectivity index (χ2v) is 6.81. The molecule has 2 atom stereocenters. The van der Waals surface area contributed by atoms with Gasteiger partial charge in [0.25, 0.3) is 0 Å². The van der Waals surface area contributed by atoms with E-state index >= 15 is 0 Å². The molecule has 0 bridgehead atoms. The highest BCUT2D eigenvalue weighted by atomic mass is 16.5. The Hall–Kier alpha value is -0.160. The summed E-state index contributed by atoms with van der Waals surface area (Å²) in [5.41, 5.74) is 0.361. The summed E-state index contributed by atoms with van der Waals surface area (Å²) in [6.45, 7) is 11.0. The van der Waals surface area contributed by atoms with Crippen molar-refractivity contribution in [3.63, 3.8) is 0 Å². The summed E-state index contributed by atoms with van der Waals surface area (Å²) in [5.74, 6) is 0. The van der Waals surface area contributed by atoms with Gasteiger partial charge in [-0.3, -0.25) is 4.90 Å². The molecule has 4 heteroatoms. The summed E-state index contributed by atoms with van der Waals surface area (Å²) in [6, 6.07) is 0.779. The number of nitrogens with zero attached hydrogens (tertiary/aromatic N) is 1. The van der Waals surface area contributed by atoms with Crippen LogP contribution in [0.5, 0.6) is 0 Å². The summed E-state index contributed by atoms with van der Waals surface area (Å²) in [4.78, 5) is 2.50. The maximum absolute atomic E-state index is 9.36. The molecule has 20 heavy (non-hydrogen) atoms. The highest BCUT2D eigenvalue weighted by molar-refractivity contribution is 4.90. The fourth-order valence-electron chi connectivity index (χ4n) is 3.27. The summed E-state index contributed by atoms with van der Waals surface area (Å²) in [5, 5.41) is 13.1. The minimum Gasteiger partial charge on any atom is -0.394 e. The molecule has 0 aromatic rings. The molecule has 2 rings (SSSR count). The van der Waals surface area contributed by atoms with Crippen LogP contribution < -0.4 is 5.32 Å². The van der Waals surface area contributed by atoms with E-state index < -0.39 is 0 Å². The lowest BCUT2D eigenvalue weighted by molar-refractivity contribution is -0.103. The number of rotatable bonds is 8. The number of morpholine rings is 1. The topological polar surface area (TPSA) is 44.7 Å². The Morgan fingerprint density at radius 3 is 2.50 bits per heavy atom. The van der Waals surface area contributed by atoms with Crippen LogP contribution in [0, 0.1) is 5.41 Å². The second kappa shape index (κ2) is 7.21. The van der Waals surface area contributed by atoms with Crippen LogP contribution in [0.4, 0.5) is 0 Å². The molecule has 0 amide bonds. The molecule has 1 aliphatic heterocycles. The predicted octanol–water partition coefficient (Wildman–Crippen LogP) is 1.63. The van der Waals surface area contributed by atoms with E-state index in [0.29, 0.717) is 5.41 Å². The van der Waals surface area contributed by atoms with Crippen molar-refractivity contribution < 1.29 is 9.84 Å². The lowest BCUT2D eigenvalue weighted by Crippen LogP contribution is -2.53. The normalized spacial score (nSPS) is 28.8. The van der Waals surface area contributed by atoms with E-state index in [0.717, 1.165) is 32.2 Å². The second-order valence-electron chi connectivity index (χ2n) is 6.81. The van der Waals surface area contributed by atoms with Crippen molar-refractivity contribution in [1.82, 2.24) is 10.2 Å². The predicted molar refractivity (Wildman–Crippen MR) is 81.9 cm³/mol. The van der Waals surface area contributed by atoms with Crippen molar-refractivity contribution >= 4 is 0 Å². The van der Waals surface area contributed by atoms with Gasteiger partial charge in [-0.15, -0.1) is 0 Å². The lowest BCUT2D eigenvalue weighted by Gasteiger charge is -2.42. The highest BCUT2D eigenvalue weighted by Gasteiger charge is 2.34. The Labute approximate surface area is 123 Å². The minimum absolute atomic E-state index is 0.0125. The Kier molecular flexibility index (Phi) is 5.84. The van der Waals surface area contributed by atoms with Gasteiger partial charge in [0.2, 0.25) is 0 Å². The van der Waals surface area contributed by atoms with Crippen molar-refractivity contribution in [2.24, 2.45) is 5.41 Å². The van der Waals surface area contributed by atoms with Gasteiger partial charge in [0, 0.05) is 32.2 Å². The third-order valence-corrected chi connectivity index (χ3v) is 5.01. The quantitative estimate of drug-likeness (QED) is 0.711. The molecule has 1 saturated carbocycles. The van der Waals surface area contributed by atoms with Crippen LogP contribution in [-0.2, 0) is 4.74 Å². The van der Waals surface area contributed by atoms with Crippen LogP contribution in [0.2, 0.25) is 0 Å². The maximum atomic E-state index is 9.36. The third kappa shape index (κ3) is 4.42. The SMILES string of the molecule is CCC(CC)(CNC1CC1)CN1CC(C)OC(CO)C1. The standard InChI is InChI=1S/C16H32N2O2/c1-4-16(5-2,11-17-14-6-7-14)12-18-8-13(3)20-15(9-18)10-19/h13-15,17,19H,4-12H2,1-3H3. The number of aliphatic hydroxyl groups excluding tert-OH is 1. The molecule has 2 unspecified atom stereocenters. The molecular formula is C16H32N2O2. The number of ether oxygens (including phenoxy) is 1. The number of aliphatic hydroxyl groups is 1. The molecule has 2 aliphatic rings. The first kappa shape index (κ1) is 16.2. The zero-order chi connectivity index (χ0) is 14.6. The highest BCUT2D eigenvalue weighted by Crippen LogP contribution is 2.30. The summed E-state index contributed by atoms with van der Waals surface area (Å²) < 4.78 is 5.75. The van der Waals surface area contributed by atoms with Crippen LogP contribution in [0.3, 0.4) is 0 Å². The molecule has 2 N–H and O–H groups in total. The van der Waals surface area contributed by atoms with Gasteiger partial charge < -0.3 is 15.2 Å². The van der Waals surface area contributed by atoms with E-state index in [1.165, 1.54) is 25.7 Å². The zero-order valence-electron chi connectivity index (χ0n) is 13.4. The molecule has 1 heterocycles. The van der Waals surface area contributed by atoms with Crippen LogP contribution >= 0.6 is 0 Å². The largest absolute Gasteiger partial charge is 0.394 e. The van der Waals surface area contributed by atoms with Gasteiger partial charge in [-0.05, 0) is 38.0 Å². The molecule has 1 saturated heterocycles. The van der Waals surface area contributed by atoms with Crippen LogP contribution in [0.15, 0.2) is 0 Å². The Morgan fingerprint density at radius 2 is 1.95 bits per heavy atom. The van der Waals surface area contributed by atoms with Crippen LogP contribution in [0.25, 0.3) is 0 Å². The molecule has 0 aromatic carbocycles. The van der Waals surface area contributed by atoms with E-state index in [2.05, 4.69) is 31.0 Å². The number of hydrogen-bond donors (Lipinski definition) is 2. The maximum Gasteiger partial charge on any atom is 0.0936 e. The monoisotopic (exact) mass is 284 g/mol. The van der Waals surface area contributed by atoms with Gasteiger partial charge in [-0.2, -0.15) is 0 Å². The molecule has 4 nitrogen and oxygen atoms in total. The van der Waals surface area contributed by atoms with Gasteiger partial charge in [0.1, 0.15) is 0 Å². The lowest BCUT2D eigenvalue weighted by atomic mass is 9.81. The van der Waals surface area contributed by atoms with Crippen molar-refractivity contribution in [3.8, 4) is 0 Å². The minimum atomic E-state index is -0.0125. The molecule has 118 valence electrons. The number of hydrogen-bond acceptors (Lipinski definition) is 4. The van der Waals surface area contributed by atoms with Gasteiger partial charge >= 0.3 is 0 Å². The van der Waals surface area contributed by atoms with Crippen molar-refractivity contribution in [2.75, 3.05) is 32.8 Å². The first-order valence-corrected chi connectivity index (χ1v) is 8.33. The van der Waals surface area contributed by atoms with Gasteiger partial charge in [-0.25, -0.2) is 0 Å². The molecule has 1 aliphatic carbocycles. The first-order valence-electron chi connectivity index (χ1n) is 8.33. The third-order valence-electron chi connectivity index (χ3n) is 5.01. The Bertz CT molecular complexity index is 290. The average Bonchev–Trinajstić information content (AvgIpc) is 3.27.